The van der Waals surface area contributed by atoms with E-state index in [-0.39, 0.29) is 23.0 Å². The highest BCUT2D eigenvalue weighted by Gasteiger charge is 2.34. The number of nitrogens with zero attached hydrogens (tertiary/aromatic N) is 2. The molecular formula is C35H38ClN3O5S. The van der Waals surface area contributed by atoms with Crippen molar-refractivity contribution in [2.45, 2.75) is 57.1 Å². The number of benzene rings is 4. The summed E-state index contributed by atoms with van der Waals surface area (Å²) in [6, 6.07) is 29.8. The van der Waals surface area contributed by atoms with Crippen LogP contribution in [0.15, 0.2) is 114 Å². The Morgan fingerprint density at radius 1 is 0.822 bits per heavy atom. The number of ether oxygens (including phenoxy) is 1. The SMILES string of the molecule is CC[C@H](C(=O)NC(C)(C)C)N(Cc1ccc(Cl)cc1)C(=O)CN(c1ccc(Oc2ccccc2)cc1)S(=O)(=O)c1ccccc1. The fraction of sp³-hybridized carbons (Fsp3) is 0.257. The van der Waals surface area contributed by atoms with Crippen molar-refractivity contribution < 1.29 is 22.7 Å². The lowest BCUT2D eigenvalue weighted by Gasteiger charge is -2.34. The summed E-state index contributed by atoms with van der Waals surface area (Å²) in [6.45, 7) is 6.95. The molecule has 4 aromatic carbocycles. The second kappa shape index (κ2) is 14.6. The zero-order valence-electron chi connectivity index (χ0n) is 25.8. The van der Waals surface area contributed by atoms with Gasteiger partial charge < -0.3 is 15.0 Å². The lowest BCUT2D eigenvalue weighted by Crippen LogP contribution is -2.55. The maximum atomic E-state index is 14.2. The van der Waals surface area contributed by atoms with Gasteiger partial charge in [0.15, 0.2) is 0 Å². The Morgan fingerprint density at radius 2 is 1.38 bits per heavy atom. The molecule has 4 aromatic rings. The number of nitrogens with one attached hydrogen (secondary N) is 1. The Hall–Kier alpha value is -4.34. The highest BCUT2D eigenvalue weighted by Crippen LogP contribution is 2.29. The zero-order valence-corrected chi connectivity index (χ0v) is 27.4. The first kappa shape index (κ1) is 33.6. The van der Waals surface area contributed by atoms with Gasteiger partial charge in [-0.2, -0.15) is 0 Å². The van der Waals surface area contributed by atoms with Crippen molar-refractivity contribution in [3.05, 3.63) is 120 Å². The zero-order chi connectivity index (χ0) is 32.6. The van der Waals surface area contributed by atoms with Gasteiger partial charge in [-0.1, -0.05) is 67.1 Å². The molecule has 0 saturated carbocycles. The molecule has 0 spiro atoms. The molecule has 0 bridgehead atoms. The summed E-state index contributed by atoms with van der Waals surface area (Å²) in [7, 11) is -4.19. The van der Waals surface area contributed by atoms with Gasteiger partial charge in [-0.3, -0.25) is 13.9 Å². The highest BCUT2D eigenvalue weighted by atomic mass is 35.5. The predicted molar refractivity (Wildman–Crippen MR) is 178 cm³/mol. The maximum absolute atomic E-state index is 14.2. The topological polar surface area (TPSA) is 96.0 Å². The van der Waals surface area contributed by atoms with E-state index in [2.05, 4.69) is 5.32 Å². The van der Waals surface area contributed by atoms with Crippen LogP contribution >= 0.6 is 11.6 Å². The molecule has 0 aliphatic rings. The second-order valence-electron chi connectivity index (χ2n) is 11.5. The number of para-hydroxylation sites is 1. The van der Waals surface area contributed by atoms with Crippen LogP contribution in [0.25, 0.3) is 0 Å². The van der Waals surface area contributed by atoms with Gasteiger partial charge in [-0.05, 0) is 93.4 Å². The van der Waals surface area contributed by atoms with E-state index in [4.69, 9.17) is 16.3 Å². The van der Waals surface area contributed by atoms with Crippen molar-refractivity contribution in [2.24, 2.45) is 0 Å². The molecule has 0 heterocycles. The summed E-state index contributed by atoms with van der Waals surface area (Å²) in [6.07, 6.45) is 0.318. The molecule has 4 rings (SSSR count). The molecule has 0 unspecified atom stereocenters. The standard InChI is InChI=1S/C35H38ClN3O5S/c1-5-32(34(41)37-35(2,3)4)38(24-26-16-18-27(36)19-17-26)33(40)25-39(45(42,43)31-14-10-7-11-15-31)28-20-22-30(23-21-28)44-29-12-8-6-9-13-29/h6-23,32H,5,24-25H2,1-4H3,(H,37,41)/t32-/m1/s1. The molecule has 0 radical (unpaired) electrons. The van der Waals surface area contributed by atoms with Gasteiger partial charge in [-0.25, -0.2) is 8.42 Å². The smallest absolute Gasteiger partial charge is 0.264 e. The van der Waals surface area contributed by atoms with E-state index in [1.165, 1.54) is 17.0 Å². The van der Waals surface area contributed by atoms with Gasteiger partial charge in [0, 0.05) is 17.1 Å². The monoisotopic (exact) mass is 647 g/mol. The number of hydrogen-bond donors (Lipinski definition) is 1. The number of sulfonamides is 1. The Kier molecular flexibility index (Phi) is 10.9. The fourth-order valence-electron chi connectivity index (χ4n) is 4.71. The van der Waals surface area contributed by atoms with Crippen molar-refractivity contribution in [3.63, 3.8) is 0 Å². The third kappa shape index (κ3) is 9.09. The number of amides is 2. The van der Waals surface area contributed by atoms with Gasteiger partial charge >= 0.3 is 0 Å². The first-order chi connectivity index (χ1) is 21.4. The summed E-state index contributed by atoms with van der Waals surface area (Å²) in [4.78, 5) is 29.2. The first-order valence-electron chi connectivity index (χ1n) is 14.6. The molecule has 1 N–H and O–H groups in total. The summed E-state index contributed by atoms with van der Waals surface area (Å²) < 4.78 is 35.1. The quantitative estimate of drug-likeness (QED) is 0.178. The molecule has 2 amide bonds. The maximum Gasteiger partial charge on any atom is 0.264 e. The fourth-order valence-corrected chi connectivity index (χ4v) is 6.27. The van der Waals surface area contributed by atoms with Crippen LogP contribution in [0.2, 0.25) is 5.02 Å². The van der Waals surface area contributed by atoms with Crippen molar-refractivity contribution in [1.82, 2.24) is 10.2 Å². The molecule has 0 fully saturated rings. The van der Waals surface area contributed by atoms with Crippen molar-refractivity contribution in [1.29, 1.82) is 0 Å². The van der Waals surface area contributed by atoms with E-state index in [0.29, 0.717) is 22.9 Å². The van der Waals surface area contributed by atoms with Crippen LogP contribution in [0.1, 0.15) is 39.7 Å². The number of anilines is 1. The van der Waals surface area contributed by atoms with E-state index < -0.39 is 34.1 Å². The normalized spacial score (nSPS) is 12.2. The van der Waals surface area contributed by atoms with Crippen LogP contribution in [-0.2, 0) is 26.2 Å². The van der Waals surface area contributed by atoms with Crippen LogP contribution in [0.5, 0.6) is 11.5 Å². The van der Waals surface area contributed by atoms with Crippen LogP contribution in [-0.4, -0.2) is 43.3 Å². The van der Waals surface area contributed by atoms with Gasteiger partial charge in [0.1, 0.15) is 24.1 Å². The molecular weight excluding hydrogens is 610 g/mol. The Bertz CT molecular complexity index is 1680. The number of carbonyl (C=O) groups excluding carboxylic acids is 2. The minimum atomic E-state index is -4.19. The minimum absolute atomic E-state index is 0.0316. The molecule has 0 aliphatic heterocycles. The number of hydrogen-bond acceptors (Lipinski definition) is 5. The van der Waals surface area contributed by atoms with E-state index in [1.54, 1.807) is 66.7 Å². The van der Waals surface area contributed by atoms with Crippen molar-refractivity contribution in [2.75, 3.05) is 10.8 Å². The number of rotatable bonds is 12. The lowest BCUT2D eigenvalue weighted by atomic mass is 10.1. The largest absolute Gasteiger partial charge is 0.457 e. The number of carbonyl (C=O) groups is 2. The van der Waals surface area contributed by atoms with Crippen molar-refractivity contribution in [3.8, 4) is 11.5 Å². The predicted octanol–water partition coefficient (Wildman–Crippen LogP) is 7.05. The average Bonchev–Trinajstić information content (AvgIpc) is 3.01. The molecule has 10 heteroatoms. The minimum Gasteiger partial charge on any atom is -0.457 e. The average molecular weight is 648 g/mol. The molecule has 1 atom stereocenters. The Balaban J connectivity index is 1.72. The van der Waals surface area contributed by atoms with E-state index in [0.717, 1.165) is 9.87 Å². The molecule has 0 aliphatic carbocycles. The molecule has 45 heavy (non-hydrogen) atoms. The van der Waals surface area contributed by atoms with Gasteiger partial charge in [0.25, 0.3) is 10.0 Å². The van der Waals surface area contributed by atoms with Gasteiger partial charge in [-0.15, -0.1) is 0 Å². The highest BCUT2D eigenvalue weighted by molar-refractivity contribution is 7.92. The summed E-state index contributed by atoms with van der Waals surface area (Å²) in [5.74, 6) is 0.269. The van der Waals surface area contributed by atoms with Crippen LogP contribution < -0.4 is 14.4 Å². The van der Waals surface area contributed by atoms with E-state index >= 15 is 0 Å². The summed E-state index contributed by atoms with van der Waals surface area (Å²) >= 11 is 6.10. The summed E-state index contributed by atoms with van der Waals surface area (Å²) in [5.41, 5.74) is 0.479. The van der Waals surface area contributed by atoms with Crippen LogP contribution in [0, 0.1) is 0 Å². The Labute approximate surface area is 270 Å². The second-order valence-corrected chi connectivity index (χ2v) is 13.8. The Morgan fingerprint density at radius 3 is 1.93 bits per heavy atom. The van der Waals surface area contributed by atoms with Crippen molar-refractivity contribution >= 4 is 39.1 Å². The first-order valence-corrected chi connectivity index (χ1v) is 16.5. The molecule has 0 saturated heterocycles. The summed E-state index contributed by atoms with van der Waals surface area (Å²) in [5, 5.41) is 3.50. The molecule has 236 valence electrons. The number of halogens is 1. The van der Waals surface area contributed by atoms with Gasteiger partial charge in [0.2, 0.25) is 11.8 Å². The van der Waals surface area contributed by atoms with E-state index in [9.17, 15) is 18.0 Å². The van der Waals surface area contributed by atoms with Crippen LogP contribution in [0.4, 0.5) is 5.69 Å². The van der Waals surface area contributed by atoms with Crippen LogP contribution in [0.3, 0.4) is 0 Å². The molecule has 0 aromatic heterocycles. The third-order valence-electron chi connectivity index (χ3n) is 6.86. The lowest BCUT2D eigenvalue weighted by molar-refractivity contribution is -0.141. The third-order valence-corrected chi connectivity index (χ3v) is 8.90. The molecule has 8 nitrogen and oxygen atoms in total. The van der Waals surface area contributed by atoms with Gasteiger partial charge in [0.05, 0.1) is 10.6 Å². The van der Waals surface area contributed by atoms with E-state index in [1.807, 2.05) is 58.0 Å².